The van der Waals surface area contributed by atoms with E-state index in [0.29, 0.717) is 24.3 Å². The molecule has 0 saturated carbocycles. The molecule has 0 spiro atoms. The van der Waals surface area contributed by atoms with E-state index in [2.05, 4.69) is 4.90 Å². The van der Waals surface area contributed by atoms with Crippen molar-refractivity contribution in [3.63, 3.8) is 0 Å². The van der Waals surface area contributed by atoms with Crippen LogP contribution < -0.4 is 9.47 Å². The number of hydrogen-bond acceptors (Lipinski definition) is 7. The molecular formula is C21H23NO6. The number of fused-ring (bicyclic) bond motifs is 4. The SMILES string of the molecule is COc1cc2c(cc1OC)C1CC(=O)C3=C(CCC(OC(C)=O)C3=O)N1CC2. The molecule has 2 heterocycles. The molecule has 1 aromatic rings. The lowest BCUT2D eigenvalue weighted by atomic mass is 9.79. The van der Waals surface area contributed by atoms with Gasteiger partial charge < -0.3 is 19.1 Å². The second kappa shape index (κ2) is 6.96. The topological polar surface area (TPSA) is 82.1 Å². The highest BCUT2D eigenvalue weighted by molar-refractivity contribution is 6.23. The van der Waals surface area contributed by atoms with Gasteiger partial charge in [-0.2, -0.15) is 0 Å². The molecule has 148 valence electrons. The summed E-state index contributed by atoms with van der Waals surface area (Å²) in [5, 5.41) is 0. The van der Waals surface area contributed by atoms with Gasteiger partial charge in [-0.05, 0) is 42.5 Å². The molecule has 2 unspecified atom stereocenters. The van der Waals surface area contributed by atoms with Crippen LogP contribution in [0.4, 0.5) is 0 Å². The van der Waals surface area contributed by atoms with Gasteiger partial charge in [0.25, 0.3) is 0 Å². The van der Waals surface area contributed by atoms with E-state index in [1.54, 1.807) is 14.2 Å². The molecule has 1 aliphatic carbocycles. The molecule has 0 bridgehead atoms. The normalized spacial score (nSPS) is 23.6. The number of ketones is 2. The Morgan fingerprint density at radius 3 is 2.50 bits per heavy atom. The molecule has 0 radical (unpaired) electrons. The van der Waals surface area contributed by atoms with Crippen LogP contribution in [0.25, 0.3) is 0 Å². The van der Waals surface area contributed by atoms with Crippen molar-refractivity contribution in [2.45, 2.75) is 44.8 Å². The average molecular weight is 385 g/mol. The van der Waals surface area contributed by atoms with Gasteiger partial charge in [0.2, 0.25) is 5.78 Å². The van der Waals surface area contributed by atoms with Crippen LogP contribution in [0.2, 0.25) is 0 Å². The predicted molar refractivity (Wildman–Crippen MR) is 99.1 cm³/mol. The zero-order chi connectivity index (χ0) is 20.0. The highest BCUT2D eigenvalue weighted by Gasteiger charge is 2.44. The van der Waals surface area contributed by atoms with Crippen molar-refractivity contribution in [3.05, 3.63) is 34.5 Å². The number of methoxy groups -OCH3 is 2. The molecule has 0 aromatic heterocycles. The van der Waals surface area contributed by atoms with E-state index in [0.717, 1.165) is 29.8 Å². The Bertz CT molecular complexity index is 902. The van der Waals surface area contributed by atoms with E-state index in [4.69, 9.17) is 14.2 Å². The third kappa shape index (κ3) is 2.85. The Morgan fingerprint density at radius 2 is 1.82 bits per heavy atom. The van der Waals surface area contributed by atoms with Crippen LogP contribution in [-0.4, -0.2) is 49.3 Å². The minimum atomic E-state index is -0.849. The maximum atomic E-state index is 12.9. The number of esters is 1. The second-order valence-corrected chi connectivity index (χ2v) is 7.32. The molecule has 7 nitrogen and oxygen atoms in total. The van der Waals surface area contributed by atoms with E-state index < -0.39 is 12.1 Å². The number of ether oxygens (including phenoxy) is 3. The summed E-state index contributed by atoms with van der Waals surface area (Å²) in [7, 11) is 3.19. The fourth-order valence-corrected chi connectivity index (χ4v) is 4.57. The molecule has 0 fully saturated rings. The lowest BCUT2D eigenvalue weighted by Gasteiger charge is -2.45. The van der Waals surface area contributed by atoms with Crippen molar-refractivity contribution < 1.29 is 28.6 Å². The maximum Gasteiger partial charge on any atom is 0.303 e. The maximum absolute atomic E-state index is 12.9. The van der Waals surface area contributed by atoms with E-state index in [1.807, 2.05) is 12.1 Å². The van der Waals surface area contributed by atoms with Crippen molar-refractivity contribution in [2.24, 2.45) is 0 Å². The molecule has 0 saturated heterocycles. The molecule has 2 aliphatic heterocycles. The zero-order valence-corrected chi connectivity index (χ0v) is 16.2. The van der Waals surface area contributed by atoms with Gasteiger partial charge in [0, 0.05) is 25.6 Å². The number of carbonyl (C=O) groups is 3. The minimum absolute atomic E-state index is 0.118. The van der Waals surface area contributed by atoms with Crippen LogP contribution in [0.3, 0.4) is 0 Å². The number of Topliss-reactive ketones (excluding diaryl/α,β-unsaturated/α-hetero) is 2. The largest absolute Gasteiger partial charge is 0.493 e. The summed E-state index contributed by atoms with van der Waals surface area (Å²) in [6, 6.07) is 3.80. The average Bonchev–Trinajstić information content (AvgIpc) is 2.68. The Labute approximate surface area is 163 Å². The molecule has 3 aliphatic rings. The van der Waals surface area contributed by atoms with E-state index >= 15 is 0 Å². The van der Waals surface area contributed by atoms with Gasteiger partial charge in [-0.3, -0.25) is 14.4 Å². The van der Waals surface area contributed by atoms with E-state index in [-0.39, 0.29) is 29.6 Å². The zero-order valence-electron chi connectivity index (χ0n) is 16.2. The minimum Gasteiger partial charge on any atom is -0.493 e. The molecule has 0 amide bonds. The van der Waals surface area contributed by atoms with Crippen LogP contribution in [0.1, 0.15) is 43.4 Å². The summed E-state index contributed by atoms with van der Waals surface area (Å²) < 4.78 is 16.0. The monoisotopic (exact) mass is 385 g/mol. The third-order valence-corrected chi connectivity index (χ3v) is 5.79. The lowest BCUT2D eigenvalue weighted by molar-refractivity contribution is -0.153. The summed E-state index contributed by atoms with van der Waals surface area (Å²) in [6.07, 6.45) is 1.12. The molecule has 2 atom stereocenters. The highest BCUT2D eigenvalue weighted by atomic mass is 16.5. The molecule has 7 heteroatoms. The quantitative estimate of drug-likeness (QED) is 0.582. The summed E-state index contributed by atoms with van der Waals surface area (Å²) in [6.45, 7) is 2.00. The molecule has 0 N–H and O–H groups in total. The number of carbonyl (C=O) groups excluding carboxylic acids is 3. The second-order valence-electron chi connectivity index (χ2n) is 7.32. The van der Waals surface area contributed by atoms with Gasteiger partial charge in [0.05, 0.1) is 25.8 Å². The number of rotatable bonds is 3. The standard InChI is InChI=1S/C21H23NO6/c1-11(23)28-17-5-4-14-20(21(17)25)16(24)10-15-13-9-19(27-3)18(26-2)8-12(13)6-7-22(14)15/h8-9,15,17H,4-7,10H2,1-3H3. The lowest BCUT2D eigenvalue weighted by Crippen LogP contribution is -2.46. The van der Waals surface area contributed by atoms with Gasteiger partial charge in [0.1, 0.15) is 0 Å². The first kappa shape index (κ1) is 18.5. The first-order chi connectivity index (χ1) is 13.4. The molecule has 4 rings (SSSR count). The van der Waals surface area contributed by atoms with E-state index in [9.17, 15) is 14.4 Å². The number of nitrogens with zero attached hydrogens (tertiary/aromatic N) is 1. The van der Waals surface area contributed by atoms with Crippen molar-refractivity contribution in [1.29, 1.82) is 0 Å². The van der Waals surface area contributed by atoms with Crippen molar-refractivity contribution in [3.8, 4) is 11.5 Å². The Hall–Kier alpha value is -2.83. The predicted octanol–water partition coefficient (Wildman–Crippen LogP) is 2.12. The van der Waals surface area contributed by atoms with Crippen LogP contribution in [0.15, 0.2) is 23.4 Å². The van der Waals surface area contributed by atoms with Gasteiger partial charge in [-0.1, -0.05) is 0 Å². The molecule has 28 heavy (non-hydrogen) atoms. The molecule has 1 aromatic carbocycles. The Morgan fingerprint density at radius 1 is 1.11 bits per heavy atom. The first-order valence-electron chi connectivity index (χ1n) is 9.43. The summed E-state index contributed by atoms with van der Waals surface area (Å²) in [4.78, 5) is 39.1. The fraction of sp³-hybridized carbons (Fsp3) is 0.476. The first-order valence-corrected chi connectivity index (χ1v) is 9.43. The number of hydrogen-bond donors (Lipinski definition) is 0. The van der Waals surface area contributed by atoms with Gasteiger partial charge in [-0.15, -0.1) is 0 Å². The smallest absolute Gasteiger partial charge is 0.303 e. The fourth-order valence-electron chi connectivity index (χ4n) is 4.57. The summed E-state index contributed by atoms with van der Waals surface area (Å²) in [5.41, 5.74) is 3.18. The van der Waals surface area contributed by atoms with Crippen LogP contribution >= 0.6 is 0 Å². The van der Waals surface area contributed by atoms with Crippen molar-refractivity contribution in [2.75, 3.05) is 20.8 Å². The molecular weight excluding hydrogens is 362 g/mol. The summed E-state index contributed by atoms with van der Waals surface area (Å²) >= 11 is 0. The van der Waals surface area contributed by atoms with Gasteiger partial charge in [0.15, 0.2) is 23.4 Å². The van der Waals surface area contributed by atoms with Crippen LogP contribution in [0, 0.1) is 0 Å². The van der Waals surface area contributed by atoms with Crippen molar-refractivity contribution >= 4 is 17.5 Å². The van der Waals surface area contributed by atoms with Crippen molar-refractivity contribution in [1.82, 2.24) is 4.90 Å². The van der Waals surface area contributed by atoms with Gasteiger partial charge >= 0.3 is 5.97 Å². The van der Waals surface area contributed by atoms with Gasteiger partial charge in [-0.25, -0.2) is 0 Å². The Kier molecular flexibility index (Phi) is 4.61. The van der Waals surface area contributed by atoms with Crippen LogP contribution in [0.5, 0.6) is 11.5 Å². The third-order valence-electron chi connectivity index (χ3n) is 5.79. The number of allylic oxidation sites excluding steroid dienone is 1. The summed E-state index contributed by atoms with van der Waals surface area (Å²) in [5.74, 6) is 0.258. The Balaban J connectivity index is 1.72. The number of benzene rings is 1. The van der Waals surface area contributed by atoms with E-state index in [1.165, 1.54) is 6.92 Å². The highest BCUT2D eigenvalue weighted by Crippen LogP contribution is 2.46. The van der Waals surface area contributed by atoms with Crippen LogP contribution in [-0.2, 0) is 25.5 Å².